The molecule has 228 valence electrons. The summed E-state index contributed by atoms with van der Waals surface area (Å²) in [6, 6.07) is 5.98. The van der Waals surface area contributed by atoms with Crippen molar-refractivity contribution in [1.82, 2.24) is 10.2 Å². The Morgan fingerprint density at radius 2 is 1.76 bits per heavy atom. The zero-order valence-corrected chi connectivity index (χ0v) is 24.7. The lowest BCUT2D eigenvalue weighted by Gasteiger charge is -2.35. The number of rotatable bonds is 15. The molecule has 0 aromatic heterocycles. The smallest absolute Gasteiger partial charge is 0.329 e. The average Bonchev–Trinajstić information content (AvgIpc) is 3.34. The molecule has 1 aromatic rings. The van der Waals surface area contributed by atoms with Gasteiger partial charge in [-0.05, 0) is 24.3 Å². The Bertz CT molecular complexity index is 1050. The molecule has 1 aromatic carbocycles. The third kappa shape index (κ3) is 9.84. The van der Waals surface area contributed by atoms with Gasteiger partial charge in [-0.2, -0.15) is 0 Å². The molecule has 1 heterocycles. The number of hydrogen-bond acceptors (Lipinski definition) is 8. The summed E-state index contributed by atoms with van der Waals surface area (Å²) in [4.78, 5) is 65.6. The first kappa shape index (κ1) is 33.7. The van der Waals surface area contributed by atoms with Gasteiger partial charge in [0.05, 0.1) is 12.5 Å². The number of likely N-dealkylation sites (tertiary alicyclic amines) is 1. The number of carboxylic acid groups (broad SMARTS) is 1. The molecular formula is C30H45N3O8. The number of esters is 2. The second kappa shape index (κ2) is 16.1. The quantitative estimate of drug-likeness (QED) is 0.266. The molecule has 11 heteroatoms. The Kier molecular flexibility index (Phi) is 13.2. The summed E-state index contributed by atoms with van der Waals surface area (Å²) in [7, 11) is 0. The summed E-state index contributed by atoms with van der Waals surface area (Å²) in [5.74, 6) is -3.97. The van der Waals surface area contributed by atoms with Crippen LogP contribution < -0.4 is 11.1 Å². The predicted molar refractivity (Wildman–Crippen MR) is 151 cm³/mol. The van der Waals surface area contributed by atoms with Gasteiger partial charge in [0, 0.05) is 31.7 Å². The normalized spacial score (nSPS) is 19.6. The standard InChI is InChI=1S/C30H45N3O8/c1-6-11-25(36)40-22-14-15-33(29(38)26(31)18(3)4)27(22)23(17-24(34)35)41-30(39)21(32-28(37)19(5)7-2)16-20-12-9-8-10-13-20/h8-10,12-13,18-19,21-23,26-27H,6-7,11,14-17,31H2,1-5H3,(H,32,37)(H,34,35)/t19-,21+,22+,23-,26-,27-/m1/s1. The summed E-state index contributed by atoms with van der Waals surface area (Å²) in [6.07, 6.45) is -1.29. The Labute approximate surface area is 242 Å². The maximum Gasteiger partial charge on any atom is 0.329 e. The van der Waals surface area contributed by atoms with Crippen molar-refractivity contribution in [3.8, 4) is 0 Å². The van der Waals surface area contributed by atoms with Crippen molar-refractivity contribution < 1.29 is 38.6 Å². The van der Waals surface area contributed by atoms with Crippen LogP contribution in [0.4, 0.5) is 0 Å². The average molecular weight is 576 g/mol. The molecule has 0 unspecified atom stereocenters. The monoisotopic (exact) mass is 575 g/mol. The van der Waals surface area contributed by atoms with E-state index >= 15 is 0 Å². The number of ether oxygens (including phenoxy) is 2. The minimum Gasteiger partial charge on any atom is -0.481 e. The van der Waals surface area contributed by atoms with E-state index in [4.69, 9.17) is 15.2 Å². The lowest BCUT2D eigenvalue weighted by molar-refractivity contribution is -0.168. The molecule has 0 aliphatic carbocycles. The highest BCUT2D eigenvalue weighted by Crippen LogP contribution is 2.29. The Morgan fingerprint density at radius 1 is 1.10 bits per heavy atom. The van der Waals surface area contributed by atoms with Crippen molar-refractivity contribution >= 4 is 29.7 Å². The van der Waals surface area contributed by atoms with E-state index in [0.717, 1.165) is 5.56 Å². The van der Waals surface area contributed by atoms with Gasteiger partial charge < -0.3 is 30.5 Å². The van der Waals surface area contributed by atoms with E-state index in [1.807, 2.05) is 19.9 Å². The van der Waals surface area contributed by atoms with Crippen molar-refractivity contribution in [2.24, 2.45) is 17.6 Å². The number of benzene rings is 1. The highest BCUT2D eigenvalue weighted by molar-refractivity contribution is 5.86. The van der Waals surface area contributed by atoms with Crippen LogP contribution in [-0.4, -0.2) is 76.6 Å². The number of nitrogens with zero attached hydrogens (tertiary/aromatic N) is 1. The number of hydrogen-bond donors (Lipinski definition) is 3. The molecule has 1 fully saturated rings. The van der Waals surface area contributed by atoms with Crippen LogP contribution in [0.3, 0.4) is 0 Å². The van der Waals surface area contributed by atoms with Crippen molar-refractivity contribution in [2.75, 3.05) is 6.54 Å². The molecule has 2 rings (SSSR count). The maximum absolute atomic E-state index is 13.6. The lowest BCUT2D eigenvalue weighted by atomic mass is 9.99. The van der Waals surface area contributed by atoms with E-state index in [0.29, 0.717) is 12.8 Å². The molecule has 1 saturated heterocycles. The van der Waals surface area contributed by atoms with Gasteiger partial charge in [0.25, 0.3) is 0 Å². The summed E-state index contributed by atoms with van der Waals surface area (Å²) in [6.45, 7) is 9.14. The Morgan fingerprint density at radius 3 is 2.32 bits per heavy atom. The Hall–Kier alpha value is -3.47. The van der Waals surface area contributed by atoms with Gasteiger partial charge >= 0.3 is 17.9 Å². The predicted octanol–water partition coefficient (Wildman–Crippen LogP) is 2.44. The van der Waals surface area contributed by atoms with Crippen LogP contribution >= 0.6 is 0 Å². The van der Waals surface area contributed by atoms with Crippen molar-refractivity contribution in [2.45, 2.75) is 103 Å². The van der Waals surface area contributed by atoms with Gasteiger partial charge in [0.15, 0.2) is 0 Å². The third-order valence-electron chi connectivity index (χ3n) is 7.39. The van der Waals surface area contributed by atoms with Gasteiger partial charge in [-0.1, -0.05) is 65.0 Å². The van der Waals surface area contributed by atoms with Gasteiger partial charge in [0.2, 0.25) is 11.8 Å². The van der Waals surface area contributed by atoms with Gasteiger partial charge in [-0.15, -0.1) is 0 Å². The van der Waals surface area contributed by atoms with E-state index in [9.17, 15) is 29.1 Å². The first-order chi connectivity index (χ1) is 19.4. The molecule has 6 atom stereocenters. The Balaban J connectivity index is 2.44. The van der Waals surface area contributed by atoms with E-state index in [2.05, 4.69) is 5.32 Å². The highest BCUT2D eigenvalue weighted by Gasteiger charge is 2.48. The zero-order chi connectivity index (χ0) is 30.7. The number of carbonyl (C=O) groups is 5. The largest absolute Gasteiger partial charge is 0.481 e. The second-order valence-electron chi connectivity index (χ2n) is 11.0. The molecule has 0 spiro atoms. The van der Waals surface area contributed by atoms with Crippen LogP contribution in [0.1, 0.15) is 72.3 Å². The van der Waals surface area contributed by atoms with E-state index in [1.165, 1.54) is 4.90 Å². The second-order valence-corrected chi connectivity index (χ2v) is 11.0. The number of carboxylic acids is 1. The first-order valence-electron chi connectivity index (χ1n) is 14.4. The maximum atomic E-state index is 13.6. The molecule has 4 N–H and O–H groups in total. The SMILES string of the molecule is CCCC(=O)O[C@H]1CCN(C(=O)[C@H](N)C(C)C)[C@H]1[C@@H](CC(=O)O)OC(=O)[C@H](Cc1ccccc1)NC(=O)[C@H](C)CC. The van der Waals surface area contributed by atoms with E-state index in [1.54, 1.807) is 45.0 Å². The van der Waals surface area contributed by atoms with Crippen molar-refractivity contribution in [3.05, 3.63) is 35.9 Å². The fourth-order valence-electron chi connectivity index (χ4n) is 4.70. The van der Waals surface area contributed by atoms with E-state index in [-0.39, 0.29) is 43.6 Å². The molecule has 0 radical (unpaired) electrons. The third-order valence-corrected chi connectivity index (χ3v) is 7.39. The molecule has 1 aliphatic rings. The minimum absolute atomic E-state index is 0.113. The van der Waals surface area contributed by atoms with Crippen molar-refractivity contribution in [3.63, 3.8) is 0 Å². The summed E-state index contributed by atoms with van der Waals surface area (Å²) >= 11 is 0. The topological polar surface area (TPSA) is 165 Å². The summed E-state index contributed by atoms with van der Waals surface area (Å²) in [5.41, 5.74) is 6.92. The van der Waals surface area contributed by atoms with Gasteiger partial charge in [-0.3, -0.25) is 19.2 Å². The van der Waals surface area contributed by atoms with Crippen LogP contribution in [0.2, 0.25) is 0 Å². The van der Waals surface area contributed by atoms with Crippen LogP contribution in [0.15, 0.2) is 30.3 Å². The van der Waals surface area contributed by atoms with Crippen LogP contribution in [-0.2, 0) is 39.9 Å². The molecule has 1 aliphatic heterocycles. The molecule has 0 bridgehead atoms. The number of amides is 2. The molecule has 0 saturated carbocycles. The van der Waals surface area contributed by atoms with Crippen molar-refractivity contribution in [1.29, 1.82) is 0 Å². The minimum atomic E-state index is -1.36. The lowest BCUT2D eigenvalue weighted by Crippen LogP contribution is -2.56. The number of nitrogens with two attached hydrogens (primary N) is 1. The fraction of sp³-hybridized carbons (Fsp3) is 0.633. The van der Waals surface area contributed by atoms with Crippen LogP contribution in [0.5, 0.6) is 0 Å². The highest BCUT2D eigenvalue weighted by atomic mass is 16.6. The first-order valence-corrected chi connectivity index (χ1v) is 14.4. The summed E-state index contributed by atoms with van der Waals surface area (Å²) < 4.78 is 11.5. The molecule has 2 amide bonds. The van der Waals surface area contributed by atoms with Gasteiger partial charge in [-0.25, -0.2) is 4.79 Å². The number of carbonyl (C=O) groups excluding carboxylic acids is 4. The molecule has 41 heavy (non-hydrogen) atoms. The summed E-state index contributed by atoms with van der Waals surface area (Å²) in [5, 5.41) is 12.5. The van der Waals surface area contributed by atoms with Crippen LogP contribution in [0, 0.1) is 11.8 Å². The number of nitrogens with one attached hydrogen (secondary N) is 1. The molecular weight excluding hydrogens is 530 g/mol. The number of aliphatic carboxylic acids is 1. The van der Waals surface area contributed by atoms with Gasteiger partial charge in [0.1, 0.15) is 24.3 Å². The molecule has 11 nitrogen and oxygen atoms in total. The van der Waals surface area contributed by atoms with Crippen LogP contribution in [0.25, 0.3) is 0 Å². The zero-order valence-electron chi connectivity index (χ0n) is 24.7. The fourth-order valence-corrected chi connectivity index (χ4v) is 4.70. The van der Waals surface area contributed by atoms with E-state index < -0.39 is 60.6 Å².